The van der Waals surface area contributed by atoms with Gasteiger partial charge in [0.2, 0.25) is 0 Å². The van der Waals surface area contributed by atoms with Crippen LogP contribution in [0.25, 0.3) is 0 Å². The number of hydrogen-bond acceptors (Lipinski definition) is 3. The van der Waals surface area contributed by atoms with Gasteiger partial charge in [0, 0.05) is 22.1 Å². The second-order valence-corrected chi connectivity index (χ2v) is 5.83. The fourth-order valence-electron chi connectivity index (χ4n) is 2.25. The minimum Gasteiger partial charge on any atom is -0.484 e. The van der Waals surface area contributed by atoms with Crippen LogP contribution in [0.3, 0.4) is 0 Å². The number of carbonyl (C=O) groups is 1. The van der Waals surface area contributed by atoms with Crippen molar-refractivity contribution in [2.45, 2.75) is 31.8 Å². The molecule has 0 bridgehead atoms. The van der Waals surface area contributed by atoms with Crippen molar-refractivity contribution >= 4 is 41.5 Å². The highest BCUT2D eigenvalue weighted by Gasteiger charge is 2.22. The molecule has 1 aliphatic rings. The Bertz CT molecular complexity index is 465. The molecule has 2 unspecified atom stereocenters. The van der Waals surface area contributed by atoms with E-state index in [9.17, 15) is 4.79 Å². The minimum atomic E-state index is -0.137. The largest absolute Gasteiger partial charge is 0.484 e. The number of hydrogen-bond donors (Lipinski definition) is 2. The third-order valence-corrected chi connectivity index (χ3v) is 3.75. The predicted molar refractivity (Wildman–Crippen MR) is 87.8 cm³/mol. The molecule has 1 fully saturated rings. The molecule has 2 rings (SSSR count). The smallest absolute Gasteiger partial charge is 0.258 e. The van der Waals surface area contributed by atoms with Crippen LogP contribution in [0.2, 0.25) is 10.0 Å². The number of halogens is 3. The molecule has 1 aromatic rings. The van der Waals surface area contributed by atoms with E-state index in [1.54, 1.807) is 18.2 Å². The van der Waals surface area contributed by atoms with Crippen LogP contribution in [0, 0.1) is 0 Å². The predicted octanol–water partition coefficient (Wildman–Crippen LogP) is 3.05. The van der Waals surface area contributed by atoms with Crippen LogP contribution in [0.15, 0.2) is 18.2 Å². The molecule has 1 amide bonds. The van der Waals surface area contributed by atoms with Crippen LogP contribution in [0.4, 0.5) is 0 Å². The summed E-state index contributed by atoms with van der Waals surface area (Å²) in [5, 5.41) is 7.28. The standard InChI is InChI=1S/C14H18Cl2N2O2.ClH/c1-9-13(3-2-4-17-9)18-14(19)8-20-12-6-10(15)5-11(16)7-12;/h5-7,9,13,17H,2-4,8H2,1H3,(H,18,19);1H. The quantitative estimate of drug-likeness (QED) is 0.874. The summed E-state index contributed by atoms with van der Waals surface area (Å²) in [5.74, 6) is 0.356. The Morgan fingerprint density at radius 1 is 1.38 bits per heavy atom. The van der Waals surface area contributed by atoms with Gasteiger partial charge in [0.05, 0.1) is 0 Å². The summed E-state index contributed by atoms with van der Waals surface area (Å²) in [6.45, 7) is 3.03. The van der Waals surface area contributed by atoms with Crippen LogP contribution in [0.1, 0.15) is 19.8 Å². The molecule has 7 heteroatoms. The average Bonchev–Trinajstić information content (AvgIpc) is 2.38. The molecule has 2 N–H and O–H groups in total. The molecule has 0 saturated carbocycles. The number of rotatable bonds is 4. The van der Waals surface area contributed by atoms with Crippen LogP contribution >= 0.6 is 35.6 Å². The molecule has 21 heavy (non-hydrogen) atoms. The monoisotopic (exact) mass is 352 g/mol. The number of amides is 1. The van der Waals surface area contributed by atoms with Crippen molar-refractivity contribution in [2.24, 2.45) is 0 Å². The topological polar surface area (TPSA) is 50.4 Å². The van der Waals surface area contributed by atoms with E-state index >= 15 is 0 Å². The summed E-state index contributed by atoms with van der Waals surface area (Å²) in [5.41, 5.74) is 0. The van der Waals surface area contributed by atoms with Gasteiger partial charge in [-0.1, -0.05) is 23.2 Å². The highest BCUT2D eigenvalue weighted by Crippen LogP contribution is 2.24. The fraction of sp³-hybridized carbons (Fsp3) is 0.500. The molecule has 0 spiro atoms. The lowest BCUT2D eigenvalue weighted by atomic mass is 10.00. The second kappa shape index (κ2) is 8.69. The maximum Gasteiger partial charge on any atom is 0.258 e. The number of piperidine rings is 1. The van der Waals surface area contributed by atoms with Crippen molar-refractivity contribution in [3.05, 3.63) is 28.2 Å². The Balaban J connectivity index is 0.00000220. The van der Waals surface area contributed by atoms with Crippen LogP contribution < -0.4 is 15.4 Å². The average molecular weight is 354 g/mol. The summed E-state index contributed by atoms with van der Waals surface area (Å²) < 4.78 is 5.40. The molecule has 4 nitrogen and oxygen atoms in total. The number of ether oxygens (including phenoxy) is 1. The summed E-state index contributed by atoms with van der Waals surface area (Å²) in [6, 6.07) is 5.32. The van der Waals surface area contributed by atoms with Crippen LogP contribution in [-0.4, -0.2) is 31.1 Å². The van der Waals surface area contributed by atoms with E-state index in [2.05, 4.69) is 17.6 Å². The first-order chi connectivity index (χ1) is 9.54. The first-order valence-corrected chi connectivity index (χ1v) is 7.42. The van der Waals surface area contributed by atoms with Gasteiger partial charge in [-0.15, -0.1) is 12.4 Å². The van der Waals surface area contributed by atoms with Gasteiger partial charge in [0.15, 0.2) is 6.61 Å². The Hall–Kier alpha value is -0.680. The van der Waals surface area contributed by atoms with Crippen LogP contribution in [-0.2, 0) is 4.79 Å². The second-order valence-electron chi connectivity index (χ2n) is 4.95. The van der Waals surface area contributed by atoms with E-state index < -0.39 is 0 Å². The first-order valence-electron chi connectivity index (χ1n) is 6.66. The van der Waals surface area contributed by atoms with E-state index in [1.165, 1.54) is 0 Å². The first kappa shape index (κ1) is 18.4. The molecule has 0 radical (unpaired) electrons. The van der Waals surface area contributed by atoms with Gasteiger partial charge in [-0.2, -0.15) is 0 Å². The van der Waals surface area contributed by atoms with Crippen molar-refractivity contribution in [1.29, 1.82) is 0 Å². The Morgan fingerprint density at radius 2 is 2.05 bits per heavy atom. The van der Waals surface area contributed by atoms with Gasteiger partial charge < -0.3 is 15.4 Å². The fourth-order valence-corrected chi connectivity index (χ4v) is 2.76. The molecule has 1 aliphatic heterocycles. The summed E-state index contributed by atoms with van der Waals surface area (Å²) in [6.07, 6.45) is 2.06. The number of nitrogens with one attached hydrogen (secondary N) is 2. The van der Waals surface area contributed by atoms with E-state index in [0.717, 1.165) is 19.4 Å². The van der Waals surface area contributed by atoms with E-state index in [-0.39, 0.29) is 37.0 Å². The van der Waals surface area contributed by atoms with Crippen molar-refractivity contribution in [3.63, 3.8) is 0 Å². The van der Waals surface area contributed by atoms with Gasteiger partial charge in [0.1, 0.15) is 5.75 Å². The molecular formula is C14H19Cl3N2O2. The molecule has 0 aromatic heterocycles. The summed E-state index contributed by atoms with van der Waals surface area (Å²) in [4.78, 5) is 11.9. The lowest BCUT2D eigenvalue weighted by molar-refractivity contribution is -0.124. The van der Waals surface area contributed by atoms with Crippen molar-refractivity contribution in [3.8, 4) is 5.75 Å². The third-order valence-electron chi connectivity index (χ3n) is 3.31. The van der Waals surface area contributed by atoms with Crippen LogP contribution in [0.5, 0.6) is 5.75 Å². The highest BCUT2D eigenvalue weighted by molar-refractivity contribution is 6.34. The normalized spacial score (nSPS) is 21.3. The molecule has 1 heterocycles. The van der Waals surface area contributed by atoms with E-state index in [1.807, 2.05) is 0 Å². The van der Waals surface area contributed by atoms with Gasteiger partial charge in [-0.25, -0.2) is 0 Å². The lowest BCUT2D eigenvalue weighted by Crippen LogP contribution is -2.52. The Kier molecular flexibility index (Phi) is 7.60. The number of carbonyl (C=O) groups excluding carboxylic acids is 1. The lowest BCUT2D eigenvalue weighted by Gasteiger charge is -2.30. The maximum absolute atomic E-state index is 11.9. The Labute approximate surface area is 140 Å². The zero-order chi connectivity index (χ0) is 14.5. The van der Waals surface area contributed by atoms with Gasteiger partial charge >= 0.3 is 0 Å². The van der Waals surface area contributed by atoms with Gasteiger partial charge in [-0.3, -0.25) is 4.79 Å². The molecule has 0 aliphatic carbocycles. The van der Waals surface area contributed by atoms with Crippen molar-refractivity contribution < 1.29 is 9.53 Å². The van der Waals surface area contributed by atoms with Gasteiger partial charge in [-0.05, 0) is 44.5 Å². The van der Waals surface area contributed by atoms with E-state index in [4.69, 9.17) is 27.9 Å². The molecule has 1 saturated heterocycles. The minimum absolute atomic E-state index is 0. The molecule has 2 atom stereocenters. The van der Waals surface area contributed by atoms with Crippen molar-refractivity contribution in [2.75, 3.05) is 13.2 Å². The summed E-state index contributed by atoms with van der Waals surface area (Å²) >= 11 is 11.7. The molecule has 1 aromatic carbocycles. The SMILES string of the molecule is CC1NCCCC1NC(=O)COc1cc(Cl)cc(Cl)c1.Cl. The molecule has 118 valence electrons. The van der Waals surface area contributed by atoms with Gasteiger partial charge in [0.25, 0.3) is 5.91 Å². The molecular weight excluding hydrogens is 335 g/mol. The zero-order valence-corrected chi connectivity index (χ0v) is 14.0. The highest BCUT2D eigenvalue weighted by atomic mass is 35.5. The Morgan fingerprint density at radius 3 is 2.67 bits per heavy atom. The van der Waals surface area contributed by atoms with E-state index in [0.29, 0.717) is 15.8 Å². The number of benzene rings is 1. The van der Waals surface area contributed by atoms with Crippen molar-refractivity contribution in [1.82, 2.24) is 10.6 Å². The third kappa shape index (κ3) is 5.91. The maximum atomic E-state index is 11.9. The summed E-state index contributed by atoms with van der Waals surface area (Å²) in [7, 11) is 0. The zero-order valence-electron chi connectivity index (χ0n) is 11.7.